The highest BCUT2D eigenvalue weighted by molar-refractivity contribution is 14.1. The average Bonchev–Trinajstić information content (AvgIpc) is 2.27. The molecule has 0 atom stereocenters. The number of aliphatic carboxylic acids is 1. The van der Waals surface area contributed by atoms with Crippen LogP contribution in [0.25, 0.3) is 0 Å². The molecule has 0 fully saturated rings. The van der Waals surface area contributed by atoms with Crippen molar-refractivity contribution in [3.8, 4) is 0 Å². The van der Waals surface area contributed by atoms with Gasteiger partial charge in [0, 0.05) is 15.7 Å². The van der Waals surface area contributed by atoms with Crippen LogP contribution in [0.2, 0.25) is 0 Å². The molecule has 1 amide bonds. The third-order valence-corrected chi connectivity index (χ3v) is 3.12. The number of benzene rings is 1. The number of halogens is 1. The van der Waals surface area contributed by atoms with E-state index < -0.39 is 5.97 Å². The summed E-state index contributed by atoms with van der Waals surface area (Å²) in [4.78, 5) is 23.9. The lowest BCUT2D eigenvalue weighted by Crippen LogP contribution is -2.31. The molecule has 1 aromatic carbocycles. The summed E-state index contributed by atoms with van der Waals surface area (Å²) in [5.74, 6) is -0.906. The molecule has 1 rings (SSSR count). The van der Waals surface area contributed by atoms with Gasteiger partial charge in [-0.15, -0.1) is 0 Å². The van der Waals surface area contributed by atoms with Crippen LogP contribution in [0.3, 0.4) is 0 Å². The molecule has 0 bridgehead atoms. The zero-order chi connectivity index (χ0) is 14.3. The number of amides is 1. The number of likely N-dealkylation sites (N-methyl/N-ethyl adjacent to an activating group) is 1. The van der Waals surface area contributed by atoms with Gasteiger partial charge in [-0.2, -0.15) is 0 Å². The molecule has 0 aliphatic heterocycles. The predicted octanol–water partition coefficient (Wildman–Crippen LogP) is 2.03. The van der Waals surface area contributed by atoms with Gasteiger partial charge in [0.15, 0.2) is 0 Å². The number of anilines is 1. The number of nitrogens with one attached hydrogen (secondary N) is 1. The van der Waals surface area contributed by atoms with Crippen molar-refractivity contribution in [2.75, 3.05) is 25.5 Å². The van der Waals surface area contributed by atoms with Crippen LogP contribution in [0.4, 0.5) is 5.69 Å². The van der Waals surface area contributed by atoms with Crippen molar-refractivity contribution in [3.05, 3.63) is 27.8 Å². The average molecular weight is 376 g/mol. The number of rotatable bonds is 7. The van der Waals surface area contributed by atoms with Crippen LogP contribution in [0.5, 0.6) is 0 Å². The van der Waals surface area contributed by atoms with Gasteiger partial charge in [-0.3, -0.25) is 14.5 Å². The molecule has 0 saturated heterocycles. The summed E-state index contributed by atoms with van der Waals surface area (Å²) >= 11 is 2.18. The minimum atomic E-state index is -0.809. The molecule has 0 saturated carbocycles. The second-order valence-corrected chi connectivity index (χ2v) is 5.54. The number of carbonyl (C=O) groups is 2. The highest BCUT2D eigenvalue weighted by Gasteiger charge is 2.07. The van der Waals surface area contributed by atoms with Gasteiger partial charge in [0.05, 0.1) is 6.54 Å². The maximum Gasteiger partial charge on any atom is 0.303 e. The Balaban J connectivity index is 2.32. The molecule has 19 heavy (non-hydrogen) atoms. The van der Waals surface area contributed by atoms with Crippen molar-refractivity contribution in [2.45, 2.75) is 12.8 Å². The molecular formula is C13H17IN2O3. The van der Waals surface area contributed by atoms with Crippen LogP contribution < -0.4 is 5.32 Å². The highest BCUT2D eigenvalue weighted by atomic mass is 127. The van der Waals surface area contributed by atoms with Crippen LogP contribution >= 0.6 is 22.6 Å². The number of hydrogen-bond acceptors (Lipinski definition) is 3. The van der Waals surface area contributed by atoms with Crippen LogP contribution in [-0.4, -0.2) is 42.0 Å². The molecule has 0 spiro atoms. The van der Waals surface area contributed by atoms with Crippen molar-refractivity contribution >= 4 is 40.2 Å². The Morgan fingerprint density at radius 2 is 2.16 bits per heavy atom. The molecule has 1 aromatic rings. The van der Waals surface area contributed by atoms with E-state index in [2.05, 4.69) is 27.9 Å². The second-order valence-electron chi connectivity index (χ2n) is 4.29. The van der Waals surface area contributed by atoms with Gasteiger partial charge in [-0.1, -0.05) is 6.07 Å². The third kappa shape index (κ3) is 7.12. The fourth-order valence-corrected chi connectivity index (χ4v) is 2.13. The van der Waals surface area contributed by atoms with E-state index in [1.54, 1.807) is 7.05 Å². The zero-order valence-corrected chi connectivity index (χ0v) is 12.9. The number of carboxylic acid groups (broad SMARTS) is 1. The smallest absolute Gasteiger partial charge is 0.303 e. The minimum absolute atomic E-state index is 0.0974. The normalized spacial score (nSPS) is 10.5. The summed E-state index contributed by atoms with van der Waals surface area (Å²) in [5, 5.41) is 11.3. The van der Waals surface area contributed by atoms with Gasteiger partial charge < -0.3 is 10.4 Å². The molecule has 104 valence electrons. The predicted molar refractivity (Wildman–Crippen MR) is 82.2 cm³/mol. The number of carbonyl (C=O) groups excluding carboxylic acids is 1. The molecular weight excluding hydrogens is 359 g/mol. The Hall–Kier alpha value is -1.15. The summed E-state index contributed by atoms with van der Waals surface area (Å²) < 4.78 is 1.06. The van der Waals surface area contributed by atoms with Crippen LogP contribution in [0.1, 0.15) is 12.8 Å². The Bertz CT molecular complexity index is 451. The van der Waals surface area contributed by atoms with Crippen molar-refractivity contribution in [1.29, 1.82) is 0 Å². The summed E-state index contributed by atoms with van der Waals surface area (Å²) in [6.45, 7) is 0.844. The Labute approximate surface area is 126 Å². The van der Waals surface area contributed by atoms with E-state index in [1.165, 1.54) is 0 Å². The van der Waals surface area contributed by atoms with Gasteiger partial charge in [-0.05, 0) is 60.8 Å². The van der Waals surface area contributed by atoms with E-state index >= 15 is 0 Å². The zero-order valence-electron chi connectivity index (χ0n) is 10.7. The largest absolute Gasteiger partial charge is 0.481 e. The van der Waals surface area contributed by atoms with Gasteiger partial charge in [0.25, 0.3) is 0 Å². The molecule has 0 radical (unpaired) electrons. The van der Waals surface area contributed by atoms with E-state index in [0.717, 1.165) is 9.26 Å². The Morgan fingerprint density at radius 1 is 1.42 bits per heavy atom. The summed E-state index contributed by atoms with van der Waals surface area (Å²) in [6.07, 6.45) is 0.672. The first-order valence-electron chi connectivity index (χ1n) is 5.93. The lowest BCUT2D eigenvalue weighted by atomic mass is 10.3. The summed E-state index contributed by atoms with van der Waals surface area (Å²) in [7, 11) is 1.80. The molecule has 5 nitrogen and oxygen atoms in total. The first-order chi connectivity index (χ1) is 8.97. The summed E-state index contributed by atoms with van der Waals surface area (Å²) in [5.41, 5.74) is 0.774. The van der Waals surface area contributed by atoms with Crippen LogP contribution in [-0.2, 0) is 9.59 Å². The first kappa shape index (κ1) is 15.9. The van der Waals surface area contributed by atoms with E-state index in [0.29, 0.717) is 13.0 Å². The highest BCUT2D eigenvalue weighted by Crippen LogP contribution is 2.12. The van der Waals surface area contributed by atoms with Crippen LogP contribution in [0, 0.1) is 3.57 Å². The van der Waals surface area contributed by atoms with Gasteiger partial charge in [0.1, 0.15) is 0 Å². The number of nitrogens with zero attached hydrogens (tertiary/aromatic N) is 1. The summed E-state index contributed by atoms with van der Waals surface area (Å²) in [6, 6.07) is 7.57. The maximum absolute atomic E-state index is 11.8. The topological polar surface area (TPSA) is 69.6 Å². The Morgan fingerprint density at radius 3 is 2.79 bits per heavy atom. The van der Waals surface area contributed by atoms with E-state index in [9.17, 15) is 9.59 Å². The molecule has 0 heterocycles. The van der Waals surface area contributed by atoms with Gasteiger partial charge >= 0.3 is 5.97 Å². The molecule has 2 N–H and O–H groups in total. The SMILES string of the molecule is CN(CCCC(=O)O)CC(=O)Nc1cccc(I)c1. The fourth-order valence-electron chi connectivity index (χ4n) is 1.59. The molecule has 6 heteroatoms. The van der Waals surface area contributed by atoms with E-state index in [1.807, 2.05) is 29.2 Å². The first-order valence-corrected chi connectivity index (χ1v) is 7.01. The molecule has 0 unspecified atom stereocenters. The van der Waals surface area contributed by atoms with Crippen molar-refractivity contribution in [3.63, 3.8) is 0 Å². The monoisotopic (exact) mass is 376 g/mol. The second kappa shape index (κ2) is 8.11. The third-order valence-electron chi connectivity index (χ3n) is 2.45. The van der Waals surface area contributed by atoms with E-state index in [4.69, 9.17) is 5.11 Å². The van der Waals surface area contributed by atoms with Gasteiger partial charge in [-0.25, -0.2) is 0 Å². The van der Waals surface area contributed by atoms with Crippen molar-refractivity contribution in [1.82, 2.24) is 4.90 Å². The lowest BCUT2D eigenvalue weighted by Gasteiger charge is -2.15. The molecule has 0 aromatic heterocycles. The molecule has 0 aliphatic rings. The Kier molecular flexibility index (Phi) is 6.79. The standard InChI is InChI=1S/C13H17IN2O3/c1-16(7-3-6-13(18)19)9-12(17)15-11-5-2-4-10(14)8-11/h2,4-5,8H,3,6-7,9H2,1H3,(H,15,17)(H,18,19). The maximum atomic E-state index is 11.8. The number of carboxylic acids is 1. The van der Waals surface area contributed by atoms with E-state index in [-0.39, 0.29) is 18.9 Å². The minimum Gasteiger partial charge on any atom is -0.481 e. The van der Waals surface area contributed by atoms with Crippen molar-refractivity contribution < 1.29 is 14.7 Å². The van der Waals surface area contributed by atoms with Crippen molar-refractivity contribution in [2.24, 2.45) is 0 Å². The molecule has 0 aliphatic carbocycles. The van der Waals surface area contributed by atoms with Gasteiger partial charge in [0.2, 0.25) is 5.91 Å². The van der Waals surface area contributed by atoms with Crippen LogP contribution in [0.15, 0.2) is 24.3 Å². The lowest BCUT2D eigenvalue weighted by molar-refractivity contribution is -0.137. The number of hydrogen-bond donors (Lipinski definition) is 2. The quantitative estimate of drug-likeness (QED) is 0.715. The fraction of sp³-hybridized carbons (Fsp3) is 0.385.